The van der Waals surface area contributed by atoms with Crippen LogP contribution in [0.2, 0.25) is 0 Å². The van der Waals surface area contributed by atoms with E-state index in [1.165, 1.54) is 70.9 Å². The number of rotatable bonds is 13. The van der Waals surface area contributed by atoms with Crippen LogP contribution in [-0.2, 0) is 19.3 Å². The number of nitrogens with zero attached hydrogens (tertiary/aromatic N) is 1. The molecule has 0 amide bonds. The van der Waals surface area contributed by atoms with Gasteiger partial charge >= 0.3 is 0 Å². The number of anilines is 1. The summed E-state index contributed by atoms with van der Waals surface area (Å²) in [5.74, 6) is 0.877. The van der Waals surface area contributed by atoms with Crippen molar-refractivity contribution in [1.82, 2.24) is 15.3 Å². The van der Waals surface area contributed by atoms with Crippen molar-refractivity contribution in [1.29, 1.82) is 0 Å². The summed E-state index contributed by atoms with van der Waals surface area (Å²) < 4.78 is 5.58. The normalized spacial score (nSPS) is 14.9. The first-order valence-corrected chi connectivity index (χ1v) is 14.4. The molecular weight excluding hydrogens is 470 g/mol. The zero-order valence-electron chi connectivity index (χ0n) is 23.0. The van der Waals surface area contributed by atoms with E-state index in [0.29, 0.717) is 6.04 Å². The molecule has 0 saturated heterocycles. The van der Waals surface area contributed by atoms with Crippen LogP contribution in [0.3, 0.4) is 0 Å². The van der Waals surface area contributed by atoms with E-state index in [1.54, 1.807) is 7.11 Å². The molecule has 0 fully saturated rings. The van der Waals surface area contributed by atoms with E-state index in [1.807, 2.05) is 6.07 Å². The number of para-hydroxylation sites is 1. The zero-order valence-corrected chi connectivity index (χ0v) is 23.0. The Balaban J connectivity index is 1.30. The molecule has 1 aliphatic rings. The summed E-state index contributed by atoms with van der Waals surface area (Å²) in [6, 6.07) is 15.1. The molecule has 2 atom stereocenters. The number of hydrogen-bond donors (Lipinski definition) is 4. The lowest BCUT2D eigenvalue weighted by molar-refractivity contribution is 0.415. The summed E-state index contributed by atoms with van der Waals surface area (Å²) in [6.45, 7) is 3.94. The predicted octanol–water partition coefficient (Wildman–Crippen LogP) is 6.12. The third kappa shape index (κ3) is 6.13. The van der Waals surface area contributed by atoms with Gasteiger partial charge in [0.1, 0.15) is 5.75 Å². The first kappa shape index (κ1) is 26.5. The molecule has 6 heteroatoms. The third-order valence-electron chi connectivity index (χ3n) is 7.93. The van der Waals surface area contributed by atoms with E-state index in [0.717, 1.165) is 50.0 Å². The van der Waals surface area contributed by atoms with Crippen LogP contribution in [0.15, 0.2) is 48.7 Å². The highest BCUT2D eigenvalue weighted by Crippen LogP contribution is 2.35. The average molecular weight is 514 g/mol. The van der Waals surface area contributed by atoms with Gasteiger partial charge in [0.15, 0.2) is 0 Å². The lowest BCUT2D eigenvalue weighted by atomic mass is 9.92. The highest BCUT2D eigenvalue weighted by molar-refractivity contribution is 5.94. The van der Waals surface area contributed by atoms with Gasteiger partial charge in [0.05, 0.1) is 12.6 Å². The Morgan fingerprint density at radius 2 is 1.92 bits per heavy atom. The highest BCUT2D eigenvalue weighted by atomic mass is 16.5. The van der Waals surface area contributed by atoms with Crippen LogP contribution in [0.1, 0.15) is 62.3 Å². The van der Waals surface area contributed by atoms with Gasteiger partial charge in [-0.25, -0.2) is 0 Å². The molecule has 2 aromatic heterocycles. The topological polar surface area (TPSA) is 88.0 Å². The van der Waals surface area contributed by atoms with Gasteiger partial charge in [0.25, 0.3) is 0 Å². The Hall–Kier alpha value is -3.09. The SMILES string of the molecule is CCCCCC(CNCC(N)Cc1c[nH]c2ccccc12)Nc1c2c(nc3ccc(OC)cc13)CCCC2. The second-order valence-electron chi connectivity index (χ2n) is 10.8. The highest BCUT2D eigenvalue weighted by Gasteiger charge is 2.21. The molecule has 5 rings (SSSR count). The number of methoxy groups -OCH3 is 1. The minimum absolute atomic E-state index is 0.0595. The molecule has 202 valence electrons. The molecule has 5 N–H and O–H groups in total. The number of aromatic amines is 1. The third-order valence-corrected chi connectivity index (χ3v) is 7.93. The average Bonchev–Trinajstić information content (AvgIpc) is 3.35. The number of hydrogen-bond acceptors (Lipinski definition) is 5. The quantitative estimate of drug-likeness (QED) is 0.162. The number of nitrogens with one attached hydrogen (secondary N) is 3. The number of benzene rings is 2. The van der Waals surface area contributed by atoms with E-state index in [4.69, 9.17) is 15.5 Å². The summed E-state index contributed by atoms with van der Waals surface area (Å²) >= 11 is 0. The van der Waals surface area contributed by atoms with Gasteiger partial charge < -0.3 is 26.1 Å². The monoisotopic (exact) mass is 513 g/mol. The Labute approximate surface area is 226 Å². The van der Waals surface area contributed by atoms with Crippen LogP contribution in [0, 0.1) is 0 Å². The predicted molar refractivity (Wildman–Crippen MR) is 159 cm³/mol. The van der Waals surface area contributed by atoms with Gasteiger partial charge in [0, 0.05) is 59.0 Å². The number of aromatic nitrogens is 2. The fraction of sp³-hybridized carbons (Fsp3) is 0.469. The van der Waals surface area contributed by atoms with E-state index >= 15 is 0 Å². The van der Waals surface area contributed by atoms with E-state index in [2.05, 4.69) is 65.1 Å². The van der Waals surface area contributed by atoms with Gasteiger partial charge in [0.2, 0.25) is 0 Å². The van der Waals surface area contributed by atoms with Crippen LogP contribution < -0.4 is 21.1 Å². The number of unbranched alkanes of at least 4 members (excludes halogenated alkanes) is 2. The van der Waals surface area contributed by atoms with E-state index in [-0.39, 0.29) is 6.04 Å². The number of aryl methyl sites for hydroxylation is 1. The lowest BCUT2D eigenvalue weighted by Gasteiger charge is -2.27. The molecule has 4 aromatic rings. The second-order valence-corrected chi connectivity index (χ2v) is 10.8. The number of H-pyrrole nitrogens is 1. The Morgan fingerprint density at radius 3 is 2.79 bits per heavy atom. The van der Waals surface area contributed by atoms with Crippen LogP contribution in [0.5, 0.6) is 5.75 Å². The summed E-state index contributed by atoms with van der Waals surface area (Å²) in [5.41, 5.74) is 14.0. The first-order valence-electron chi connectivity index (χ1n) is 14.4. The van der Waals surface area contributed by atoms with Crippen molar-refractivity contribution in [3.05, 3.63) is 65.5 Å². The molecule has 0 aliphatic heterocycles. The largest absolute Gasteiger partial charge is 0.497 e. The molecule has 2 aromatic carbocycles. The van der Waals surface area contributed by atoms with Gasteiger partial charge in [-0.2, -0.15) is 0 Å². The Kier molecular flexibility index (Phi) is 8.82. The van der Waals surface area contributed by atoms with Gasteiger partial charge in [-0.05, 0) is 73.9 Å². The van der Waals surface area contributed by atoms with Crippen LogP contribution in [0.4, 0.5) is 5.69 Å². The second kappa shape index (κ2) is 12.6. The Bertz CT molecular complexity index is 1350. The fourth-order valence-corrected chi connectivity index (χ4v) is 5.86. The van der Waals surface area contributed by atoms with Gasteiger partial charge in [-0.15, -0.1) is 0 Å². The van der Waals surface area contributed by atoms with Crippen LogP contribution >= 0.6 is 0 Å². The minimum atomic E-state index is 0.0595. The van der Waals surface area contributed by atoms with Gasteiger partial charge in [-0.3, -0.25) is 4.98 Å². The maximum atomic E-state index is 6.59. The summed E-state index contributed by atoms with van der Waals surface area (Å²) in [7, 11) is 1.73. The van der Waals surface area contributed by atoms with Crippen LogP contribution in [-0.4, -0.2) is 42.3 Å². The molecule has 2 heterocycles. The number of pyridine rings is 1. The molecule has 38 heavy (non-hydrogen) atoms. The molecule has 0 spiro atoms. The standard InChI is InChI=1S/C32H43N5O/c1-3-4-5-10-24(21-34-20-23(33)17-22-19-35-29-13-8-6-11-26(22)29)36-32-27-12-7-9-14-30(27)37-31-16-15-25(38-2)18-28(31)32/h6,8,11,13,15-16,18-19,23-24,34-35H,3-5,7,9-10,12,14,17,20-21,33H2,1-2H3,(H,36,37). The maximum absolute atomic E-state index is 6.59. The summed E-state index contributed by atoms with van der Waals surface area (Å²) in [5, 5.41) is 10.1. The summed E-state index contributed by atoms with van der Waals surface area (Å²) in [4.78, 5) is 8.42. The zero-order chi connectivity index (χ0) is 26.3. The molecular formula is C32H43N5O. The summed E-state index contributed by atoms with van der Waals surface area (Å²) in [6.07, 6.45) is 12.4. The Morgan fingerprint density at radius 1 is 1.05 bits per heavy atom. The number of ether oxygens (including phenoxy) is 1. The smallest absolute Gasteiger partial charge is 0.119 e. The first-order chi connectivity index (χ1) is 18.7. The molecule has 0 radical (unpaired) electrons. The maximum Gasteiger partial charge on any atom is 0.119 e. The van der Waals surface area contributed by atoms with E-state index in [9.17, 15) is 0 Å². The molecule has 6 nitrogen and oxygen atoms in total. The molecule has 1 aliphatic carbocycles. The lowest BCUT2D eigenvalue weighted by Crippen LogP contribution is -2.41. The van der Waals surface area contributed by atoms with Crippen molar-refractivity contribution in [2.45, 2.75) is 76.8 Å². The van der Waals surface area contributed by atoms with Crippen molar-refractivity contribution < 1.29 is 4.74 Å². The molecule has 0 saturated carbocycles. The van der Waals surface area contributed by atoms with Crippen LogP contribution in [0.25, 0.3) is 21.8 Å². The van der Waals surface area contributed by atoms with Crippen molar-refractivity contribution in [3.63, 3.8) is 0 Å². The van der Waals surface area contributed by atoms with Crippen molar-refractivity contribution in [3.8, 4) is 5.75 Å². The van der Waals surface area contributed by atoms with Crippen molar-refractivity contribution in [2.75, 3.05) is 25.5 Å². The fourth-order valence-electron chi connectivity index (χ4n) is 5.86. The van der Waals surface area contributed by atoms with Crippen molar-refractivity contribution >= 4 is 27.5 Å². The molecule has 0 bridgehead atoms. The minimum Gasteiger partial charge on any atom is -0.497 e. The number of nitrogens with two attached hydrogens (primary N) is 1. The number of fused-ring (bicyclic) bond motifs is 3. The molecule has 2 unspecified atom stereocenters. The van der Waals surface area contributed by atoms with E-state index < -0.39 is 0 Å². The van der Waals surface area contributed by atoms with Crippen molar-refractivity contribution in [2.24, 2.45) is 5.73 Å². The van der Waals surface area contributed by atoms with Gasteiger partial charge in [-0.1, -0.05) is 44.4 Å².